The maximum atomic E-state index is 12.3. The molecule has 0 saturated carbocycles. The van der Waals surface area contributed by atoms with Gasteiger partial charge in [0.15, 0.2) is 0 Å². The molecule has 6 nitrogen and oxygen atoms in total. The number of hydrogen-bond acceptors (Lipinski definition) is 5. The molecular formula is C12H13ClNO5S-. The Kier molecular flexibility index (Phi) is 4.52. The van der Waals surface area contributed by atoms with E-state index in [1.165, 1.54) is 22.5 Å². The minimum atomic E-state index is -3.54. The first-order valence-corrected chi connectivity index (χ1v) is 7.85. The fraction of sp³-hybridized carbons (Fsp3) is 0.417. The second-order valence-electron chi connectivity index (χ2n) is 4.36. The van der Waals surface area contributed by atoms with Gasteiger partial charge in [-0.1, -0.05) is 11.6 Å². The Morgan fingerprint density at radius 2 is 2.00 bits per heavy atom. The second kappa shape index (κ2) is 5.99. The summed E-state index contributed by atoms with van der Waals surface area (Å²) in [7, 11) is -3.54. The van der Waals surface area contributed by atoms with Crippen LogP contribution in [0, 0.1) is 0 Å². The summed E-state index contributed by atoms with van der Waals surface area (Å²) in [5.74, 6) is -1.27. The van der Waals surface area contributed by atoms with Gasteiger partial charge < -0.3 is 14.6 Å². The molecule has 110 valence electrons. The first-order chi connectivity index (χ1) is 9.41. The van der Waals surface area contributed by atoms with Gasteiger partial charge in [-0.2, -0.15) is 4.31 Å². The van der Waals surface area contributed by atoms with Crippen LogP contribution >= 0.6 is 11.6 Å². The van der Waals surface area contributed by atoms with Crippen molar-refractivity contribution in [3.05, 3.63) is 23.2 Å². The van der Waals surface area contributed by atoms with Crippen molar-refractivity contribution in [1.29, 1.82) is 0 Å². The predicted octanol–water partition coefficient (Wildman–Crippen LogP) is 0.253. The molecule has 1 aromatic rings. The highest BCUT2D eigenvalue weighted by Crippen LogP contribution is 2.29. The largest absolute Gasteiger partial charge is 0.546 e. The molecule has 0 atom stereocenters. The molecule has 0 aliphatic carbocycles. The van der Waals surface area contributed by atoms with Crippen LogP contribution in [0.1, 0.15) is 12.8 Å². The van der Waals surface area contributed by atoms with Crippen LogP contribution in [0.25, 0.3) is 0 Å². The van der Waals surface area contributed by atoms with Gasteiger partial charge in [0.25, 0.3) is 0 Å². The standard InChI is InChI=1S/C12H14ClNO5S/c13-10-7-9(3-4-11(10)19-8-12(15)16)20(17,18)14-5-1-2-6-14/h3-4,7H,1-2,5-6,8H2,(H,15,16)/p-1. The quantitative estimate of drug-likeness (QED) is 0.777. The Morgan fingerprint density at radius 1 is 1.35 bits per heavy atom. The molecule has 2 rings (SSSR count). The van der Waals surface area contributed by atoms with E-state index in [9.17, 15) is 18.3 Å². The number of ether oxygens (including phenoxy) is 1. The normalized spacial score (nSPS) is 16.2. The first-order valence-electron chi connectivity index (χ1n) is 6.03. The zero-order chi connectivity index (χ0) is 14.8. The van der Waals surface area contributed by atoms with Crippen LogP contribution in [0.4, 0.5) is 0 Å². The average Bonchev–Trinajstić information content (AvgIpc) is 2.91. The SMILES string of the molecule is O=C([O-])COc1ccc(S(=O)(=O)N2CCCC2)cc1Cl. The van der Waals surface area contributed by atoms with Gasteiger partial charge in [0, 0.05) is 13.1 Å². The van der Waals surface area contributed by atoms with Crippen LogP contribution in [-0.2, 0) is 14.8 Å². The van der Waals surface area contributed by atoms with Gasteiger partial charge in [-0.15, -0.1) is 0 Å². The van der Waals surface area contributed by atoms with Crippen LogP contribution in [0.2, 0.25) is 5.02 Å². The molecule has 1 saturated heterocycles. The molecule has 0 radical (unpaired) electrons. The number of aliphatic carboxylic acids is 1. The number of sulfonamides is 1. The molecule has 0 unspecified atom stereocenters. The van der Waals surface area contributed by atoms with Crippen LogP contribution < -0.4 is 9.84 Å². The number of carboxylic acids is 1. The van der Waals surface area contributed by atoms with E-state index < -0.39 is 22.6 Å². The Balaban J connectivity index is 2.22. The van der Waals surface area contributed by atoms with Gasteiger partial charge in [-0.05, 0) is 31.0 Å². The van der Waals surface area contributed by atoms with Gasteiger partial charge in [-0.25, -0.2) is 8.42 Å². The third-order valence-corrected chi connectivity index (χ3v) is 5.14. The van der Waals surface area contributed by atoms with E-state index in [-0.39, 0.29) is 15.7 Å². The molecule has 0 bridgehead atoms. The van der Waals surface area contributed by atoms with Crippen molar-refractivity contribution in [3.63, 3.8) is 0 Å². The highest BCUT2D eigenvalue weighted by molar-refractivity contribution is 7.89. The maximum Gasteiger partial charge on any atom is 0.243 e. The molecule has 20 heavy (non-hydrogen) atoms. The zero-order valence-electron chi connectivity index (χ0n) is 10.5. The number of hydrogen-bond donors (Lipinski definition) is 0. The third-order valence-electron chi connectivity index (χ3n) is 2.95. The smallest absolute Gasteiger partial charge is 0.243 e. The van der Waals surface area contributed by atoms with Crippen LogP contribution in [0.3, 0.4) is 0 Å². The Morgan fingerprint density at radius 3 is 2.55 bits per heavy atom. The highest BCUT2D eigenvalue weighted by Gasteiger charge is 2.27. The molecule has 1 aliphatic heterocycles. The number of nitrogens with zero attached hydrogens (tertiary/aromatic N) is 1. The minimum Gasteiger partial charge on any atom is -0.546 e. The maximum absolute atomic E-state index is 12.3. The van der Waals surface area contributed by atoms with E-state index in [0.717, 1.165) is 12.8 Å². The van der Waals surface area contributed by atoms with Crippen LogP contribution in [0.5, 0.6) is 5.75 Å². The van der Waals surface area contributed by atoms with Crippen molar-refractivity contribution in [2.45, 2.75) is 17.7 Å². The van der Waals surface area contributed by atoms with Gasteiger partial charge in [0.05, 0.1) is 15.9 Å². The Hall–Kier alpha value is -1.31. The summed E-state index contributed by atoms with van der Waals surface area (Å²) in [6, 6.07) is 3.96. The summed E-state index contributed by atoms with van der Waals surface area (Å²) in [5, 5.41) is 10.4. The number of halogens is 1. The van der Waals surface area contributed by atoms with Gasteiger partial charge >= 0.3 is 0 Å². The minimum absolute atomic E-state index is 0.0477. The van der Waals surface area contributed by atoms with E-state index in [4.69, 9.17) is 16.3 Å². The first kappa shape index (κ1) is 15.1. The molecule has 1 aliphatic rings. The molecule has 0 N–H and O–H groups in total. The van der Waals surface area contributed by atoms with Crippen LogP contribution in [0.15, 0.2) is 23.1 Å². The molecular weight excluding hydrogens is 306 g/mol. The van der Waals surface area contributed by atoms with Crippen molar-refractivity contribution >= 4 is 27.6 Å². The molecule has 1 aromatic carbocycles. The molecule has 8 heteroatoms. The van der Waals surface area contributed by atoms with Gasteiger partial charge in [0.2, 0.25) is 10.0 Å². The monoisotopic (exact) mass is 318 g/mol. The van der Waals surface area contributed by atoms with Crippen molar-refractivity contribution in [1.82, 2.24) is 4.31 Å². The molecule has 0 spiro atoms. The summed E-state index contributed by atoms with van der Waals surface area (Å²) in [6.07, 6.45) is 1.69. The van der Waals surface area contributed by atoms with E-state index in [1.807, 2.05) is 0 Å². The molecule has 0 aromatic heterocycles. The zero-order valence-corrected chi connectivity index (χ0v) is 12.1. The summed E-state index contributed by atoms with van der Waals surface area (Å²) < 4.78 is 30.9. The highest BCUT2D eigenvalue weighted by atomic mass is 35.5. The van der Waals surface area contributed by atoms with Gasteiger partial charge in [-0.3, -0.25) is 0 Å². The lowest BCUT2D eigenvalue weighted by molar-refractivity contribution is -0.307. The number of rotatable bonds is 5. The summed E-state index contributed by atoms with van der Waals surface area (Å²) in [5.41, 5.74) is 0. The lowest BCUT2D eigenvalue weighted by Crippen LogP contribution is -2.29. The molecule has 1 heterocycles. The topological polar surface area (TPSA) is 86.7 Å². The Labute approximate surface area is 122 Å². The fourth-order valence-corrected chi connectivity index (χ4v) is 3.82. The number of carbonyl (C=O) groups excluding carboxylic acids is 1. The lowest BCUT2D eigenvalue weighted by atomic mass is 10.3. The van der Waals surface area contributed by atoms with E-state index in [0.29, 0.717) is 13.1 Å². The molecule has 1 fully saturated rings. The average molecular weight is 319 g/mol. The van der Waals surface area contributed by atoms with E-state index >= 15 is 0 Å². The van der Waals surface area contributed by atoms with Crippen LogP contribution in [-0.4, -0.2) is 38.4 Å². The lowest BCUT2D eigenvalue weighted by Gasteiger charge is -2.16. The summed E-state index contributed by atoms with van der Waals surface area (Å²) in [4.78, 5) is 10.4. The van der Waals surface area contributed by atoms with Crippen molar-refractivity contribution in [2.75, 3.05) is 19.7 Å². The van der Waals surface area contributed by atoms with E-state index in [2.05, 4.69) is 0 Å². The van der Waals surface area contributed by atoms with Gasteiger partial charge in [0.1, 0.15) is 12.4 Å². The fourth-order valence-electron chi connectivity index (χ4n) is 1.97. The number of carbonyl (C=O) groups is 1. The summed E-state index contributed by atoms with van der Waals surface area (Å²) in [6.45, 7) is 0.365. The van der Waals surface area contributed by atoms with Crippen molar-refractivity contribution in [2.24, 2.45) is 0 Å². The van der Waals surface area contributed by atoms with E-state index in [1.54, 1.807) is 0 Å². The summed E-state index contributed by atoms with van der Waals surface area (Å²) >= 11 is 5.90. The second-order valence-corrected chi connectivity index (χ2v) is 6.71. The predicted molar refractivity (Wildman–Crippen MR) is 69.9 cm³/mol. The molecule has 0 amide bonds. The number of carboxylic acid groups (broad SMARTS) is 1. The third kappa shape index (κ3) is 3.23. The van der Waals surface area contributed by atoms with Crippen molar-refractivity contribution < 1.29 is 23.1 Å². The number of benzene rings is 1. The van der Waals surface area contributed by atoms with Crippen molar-refractivity contribution in [3.8, 4) is 5.75 Å². The Bertz CT molecular complexity index is 610.